The van der Waals surface area contributed by atoms with Gasteiger partial charge in [0.05, 0.1) is 35.5 Å². The molecule has 11 heteroatoms. The van der Waals surface area contributed by atoms with E-state index in [0.717, 1.165) is 12.1 Å². The number of rotatable bonds is 5. The van der Waals surface area contributed by atoms with Crippen LogP contribution < -0.4 is 5.73 Å². The average Bonchev–Trinajstić information content (AvgIpc) is 3.10. The van der Waals surface area contributed by atoms with Crippen LogP contribution in [0.1, 0.15) is 64.5 Å². The third-order valence-electron chi connectivity index (χ3n) is 5.45. The number of benzene rings is 1. The maximum atomic E-state index is 13.3. The molecule has 7 nitrogen and oxygen atoms in total. The van der Waals surface area contributed by atoms with Crippen LogP contribution in [0.3, 0.4) is 0 Å². The van der Waals surface area contributed by atoms with Gasteiger partial charge in [-0.15, -0.1) is 0 Å². The summed E-state index contributed by atoms with van der Waals surface area (Å²) in [5.41, 5.74) is 5.90. The molecule has 0 spiro atoms. The summed E-state index contributed by atoms with van der Waals surface area (Å²) in [6.45, 7) is 5.64. The minimum Gasteiger partial charge on any atom is -0.461 e. The predicted molar refractivity (Wildman–Crippen MR) is 111 cm³/mol. The number of nitrogens with zero attached hydrogens (tertiary/aromatic N) is 3. The fourth-order valence-corrected chi connectivity index (χ4v) is 3.93. The molecular weight excluding hydrogens is 449 g/mol. The fraction of sp³-hybridized carbons (Fsp3) is 0.476. The zero-order valence-corrected chi connectivity index (χ0v) is 18.6. The third-order valence-corrected chi connectivity index (χ3v) is 5.78. The van der Waals surface area contributed by atoms with Crippen molar-refractivity contribution in [2.24, 2.45) is 5.73 Å². The van der Waals surface area contributed by atoms with Gasteiger partial charge in [0.15, 0.2) is 5.69 Å². The molecule has 2 atom stereocenters. The second-order valence-electron chi connectivity index (χ2n) is 7.70. The Hall–Kier alpha value is -2.59. The number of aromatic nitrogens is 2. The molecule has 32 heavy (non-hydrogen) atoms. The van der Waals surface area contributed by atoms with Gasteiger partial charge in [0.2, 0.25) is 0 Å². The summed E-state index contributed by atoms with van der Waals surface area (Å²) in [7, 11) is 0. The van der Waals surface area contributed by atoms with Gasteiger partial charge >= 0.3 is 12.1 Å². The number of carbonyl (C=O) groups excluding carboxylic acids is 2. The molecule has 0 aliphatic carbocycles. The van der Waals surface area contributed by atoms with Gasteiger partial charge in [0.1, 0.15) is 0 Å². The van der Waals surface area contributed by atoms with E-state index < -0.39 is 28.6 Å². The van der Waals surface area contributed by atoms with Crippen molar-refractivity contribution in [3.8, 4) is 0 Å². The van der Waals surface area contributed by atoms with E-state index in [-0.39, 0.29) is 43.0 Å². The molecule has 1 amide bonds. The summed E-state index contributed by atoms with van der Waals surface area (Å²) in [5, 5.41) is 4.05. The number of carbonyl (C=O) groups is 2. The Morgan fingerprint density at radius 1 is 1.38 bits per heavy atom. The number of alkyl halides is 3. The normalized spacial score (nSPS) is 17.1. The van der Waals surface area contributed by atoms with Gasteiger partial charge < -0.3 is 15.4 Å². The molecule has 2 aromatic rings. The van der Waals surface area contributed by atoms with Crippen LogP contribution in [-0.4, -0.2) is 45.8 Å². The number of hydrogen-bond donors (Lipinski definition) is 1. The molecule has 1 aromatic heterocycles. The molecule has 0 radical (unpaired) electrons. The monoisotopic (exact) mass is 472 g/mol. The second-order valence-corrected chi connectivity index (χ2v) is 8.11. The number of halogens is 4. The van der Waals surface area contributed by atoms with E-state index in [2.05, 4.69) is 5.10 Å². The molecule has 2 N–H and O–H groups in total. The Bertz CT molecular complexity index is 1040. The Labute approximate surface area is 188 Å². The van der Waals surface area contributed by atoms with Gasteiger partial charge in [-0.25, -0.2) is 4.79 Å². The lowest BCUT2D eigenvalue weighted by Gasteiger charge is -2.33. The largest absolute Gasteiger partial charge is 0.461 e. The lowest BCUT2D eigenvalue weighted by molar-refractivity contribution is -0.137. The third kappa shape index (κ3) is 4.47. The topological polar surface area (TPSA) is 90.4 Å². The van der Waals surface area contributed by atoms with Gasteiger partial charge in [-0.05, 0) is 39.0 Å². The van der Waals surface area contributed by atoms with E-state index >= 15 is 0 Å². The second kappa shape index (κ2) is 9.11. The van der Waals surface area contributed by atoms with Gasteiger partial charge in [-0.3, -0.25) is 9.48 Å². The van der Waals surface area contributed by atoms with Crippen LogP contribution in [0.5, 0.6) is 0 Å². The van der Waals surface area contributed by atoms with Crippen LogP contribution in [0.15, 0.2) is 18.2 Å². The predicted octanol–water partition coefficient (Wildman–Crippen LogP) is 3.84. The van der Waals surface area contributed by atoms with Crippen molar-refractivity contribution < 1.29 is 27.5 Å². The highest BCUT2D eigenvalue weighted by molar-refractivity contribution is 6.31. The molecular formula is C21H24ClF3N4O3. The molecule has 2 heterocycles. The molecule has 0 bridgehead atoms. The first-order chi connectivity index (χ1) is 15.0. The maximum absolute atomic E-state index is 13.3. The van der Waals surface area contributed by atoms with Crippen molar-refractivity contribution in [2.45, 2.75) is 52.0 Å². The van der Waals surface area contributed by atoms with Crippen LogP contribution in [0.2, 0.25) is 5.02 Å². The van der Waals surface area contributed by atoms with E-state index in [1.54, 1.807) is 20.8 Å². The summed E-state index contributed by atoms with van der Waals surface area (Å²) < 4.78 is 46.4. The van der Waals surface area contributed by atoms with E-state index in [9.17, 15) is 22.8 Å². The number of amides is 1. The Balaban J connectivity index is 2.01. The highest BCUT2D eigenvalue weighted by Gasteiger charge is 2.37. The fourth-order valence-electron chi connectivity index (χ4n) is 3.71. The average molecular weight is 473 g/mol. The molecule has 1 aliphatic heterocycles. The lowest BCUT2D eigenvalue weighted by atomic mass is 9.98. The first kappa shape index (κ1) is 24.1. The van der Waals surface area contributed by atoms with Crippen molar-refractivity contribution >= 4 is 23.5 Å². The van der Waals surface area contributed by atoms with Crippen molar-refractivity contribution in [1.29, 1.82) is 0 Å². The number of esters is 1. The van der Waals surface area contributed by atoms with Gasteiger partial charge in [0.25, 0.3) is 5.91 Å². The minimum atomic E-state index is -4.69. The van der Waals surface area contributed by atoms with Crippen molar-refractivity contribution in [3.63, 3.8) is 0 Å². The molecule has 1 aliphatic rings. The summed E-state index contributed by atoms with van der Waals surface area (Å²) in [6, 6.07) is 2.42. The highest BCUT2D eigenvalue weighted by Crippen LogP contribution is 2.36. The molecule has 1 aromatic carbocycles. The first-order valence-electron chi connectivity index (χ1n) is 10.1. The van der Waals surface area contributed by atoms with E-state index in [1.807, 2.05) is 0 Å². The quantitative estimate of drug-likeness (QED) is 0.668. The zero-order valence-electron chi connectivity index (χ0n) is 17.9. The molecule has 174 valence electrons. The van der Waals surface area contributed by atoms with Crippen LogP contribution in [0.4, 0.5) is 13.2 Å². The van der Waals surface area contributed by atoms with Gasteiger partial charge in [-0.2, -0.15) is 18.3 Å². The number of fused-ring (bicyclic) bond motifs is 1. The summed E-state index contributed by atoms with van der Waals surface area (Å²) in [4.78, 5) is 27.3. The van der Waals surface area contributed by atoms with E-state index in [0.29, 0.717) is 17.7 Å². The number of ether oxygens (including phenoxy) is 1. The van der Waals surface area contributed by atoms with E-state index in [4.69, 9.17) is 22.1 Å². The SMILES string of the molecule is CCOC(=O)c1c2c(nn1[C@H](C)CN)C[C@@H](C)N(C(=O)c1ccc(Cl)c(C(F)(F)F)c1)C2. The van der Waals surface area contributed by atoms with Crippen LogP contribution in [0, 0.1) is 0 Å². The lowest BCUT2D eigenvalue weighted by Crippen LogP contribution is -2.43. The molecule has 0 saturated carbocycles. The minimum absolute atomic E-state index is 0.00471. The van der Waals surface area contributed by atoms with Crippen molar-refractivity contribution in [3.05, 3.63) is 51.3 Å². The Kier molecular flexibility index (Phi) is 6.85. The summed E-state index contributed by atoms with van der Waals surface area (Å²) >= 11 is 5.68. The summed E-state index contributed by atoms with van der Waals surface area (Å²) in [6.07, 6.45) is -4.36. The molecule has 0 fully saturated rings. The molecule has 0 unspecified atom stereocenters. The molecule has 3 rings (SSSR count). The highest BCUT2D eigenvalue weighted by atomic mass is 35.5. The standard InChI is InChI=1S/C21H24ClF3N4O3/c1-4-32-20(31)18-14-10-28(11(2)7-17(14)27-29(18)12(3)9-26)19(30)13-5-6-16(22)15(8-13)21(23,24)25/h5-6,8,11-12H,4,7,9-10,26H2,1-3H3/t11-,12-/m1/s1. The summed E-state index contributed by atoms with van der Waals surface area (Å²) in [5.74, 6) is -1.19. The Morgan fingerprint density at radius 3 is 2.66 bits per heavy atom. The maximum Gasteiger partial charge on any atom is 0.417 e. The first-order valence-corrected chi connectivity index (χ1v) is 10.5. The Morgan fingerprint density at radius 2 is 2.06 bits per heavy atom. The van der Waals surface area contributed by atoms with E-state index in [1.165, 1.54) is 15.6 Å². The van der Waals surface area contributed by atoms with Crippen LogP contribution in [-0.2, 0) is 23.9 Å². The van der Waals surface area contributed by atoms with Crippen LogP contribution in [0.25, 0.3) is 0 Å². The smallest absolute Gasteiger partial charge is 0.417 e. The number of hydrogen-bond acceptors (Lipinski definition) is 5. The van der Waals surface area contributed by atoms with Gasteiger partial charge in [-0.1, -0.05) is 11.6 Å². The van der Waals surface area contributed by atoms with Crippen molar-refractivity contribution in [1.82, 2.24) is 14.7 Å². The zero-order chi connectivity index (χ0) is 23.8. The van der Waals surface area contributed by atoms with Crippen molar-refractivity contribution in [2.75, 3.05) is 13.2 Å². The van der Waals surface area contributed by atoms with Crippen LogP contribution >= 0.6 is 11.6 Å². The number of nitrogens with two attached hydrogens (primary N) is 1. The molecule has 0 saturated heterocycles. The van der Waals surface area contributed by atoms with Gasteiger partial charge in [0, 0.05) is 30.1 Å².